The van der Waals surface area contributed by atoms with Gasteiger partial charge in [0.1, 0.15) is 11.9 Å². The summed E-state index contributed by atoms with van der Waals surface area (Å²) in [5, 5.41) is 9.99. The number of carbonyl (C=O) groups excluding carboxylic acids is 1. The first-order valence-electron chi connectivity index (χ1n) is 6.17. The summed E-state index contributed by atoms with van der Waals surface area (Å²) in [5.41, 5.74) is -1.01. The van der Waals surface area contributed by atoms with Gasteiger partial charge < -0.3 is 5.11 Å². The van der Waals surface area contributed by atoms with Crippen LogP contribution in [0.5, 0.6) is 0 Å². The van der Waals surface area contributed by atoms with E-state index in [0.717, 1.165) is 12.8 Å². The van der Waals surface area contributed by atoms with Crippen molar-refractivity contribution < 1.29 is 9.90 Å². The molecule has 0 aliphatic carbocycles. The summed E-state index contributed by atoms with van der Waals surface area (Å²) < 4.78 is 0. The van der Waals surface area contributed by atoms with Crippen molar-refractivity contribution in [1.82, 2.24) is 0 Å². The minimum absolute atomic E-state index is 0.646. The van der Waals surface area contributed by atoms with Crippen LogP contribution < -0.4 is 0 Å². The molecule has 0 amide bonds. The normalized spacial score (nSPS) is 14.9. The standard InChI is InChI=1S/C14H24O2/c1-3-5-6-7-8-9-11-14(16,4-2)12-10-13-15/h4,10,12-13,16H,2-3,5-9,11H2,1H3/b12-10+. The van der Waals surface area contributed by atoms with Crippen LogP contribution in [0.3, 0.4) is 0 Å². The molecule has 0 rings (SSSR count). The van der Waals surface area contributed by atoms with Gasteiger partial charge in [0.15, 0.2) is 0 Å². The van der Waals surface area contributed by atoms with Crippen LogP contribution in [0.4, 0.5) is 0 Å². The van der Waals surface area contributed by atoms with Gasteiger partial charge in [0.2, 0.25) is 0 Å². The van der Waals surface area contributed by atoms with Gasteiger partial charge in [-0.15, -0.1) is 0 Å². The van der Waals surface area contributed by atoms with E-state index < -0.39 is 5.60 Å². The topological polar surface area (TPSA) is 37.3 Å². The van der Waals surface area contributed by atoms with E-state index in [-0.39, 0.29) is 0 Å². The average molecular weight is 224 g/mol. The molecular formula is C14H24O2. The van der Waals surface area contributed by atoms with Gasteiger partial charge in [-0.3, -0.25) is 4.79 Å². The van der Waals surface area contributed by atoms with Gasteiger partial charge in [0, 0.05) is 0 Å². The molecule has 0 saturated heterocycles. The summed E-state index contributed by atoms with van der Waals surface area (Å²) >= 11 is 0. The second kappa shape index (κ2) is 9.34. The van der Waals surface area contributed by atoms with Crippen molar-refractivity contribution in [3.63, 3.8) is 0 Å². The lowest BCUT2D eigenvalue weighted by molar-refractivity contribution is -0.104. The summed E-state index contributed by atoms with van der Waals surface area (Å²) in [6, 6.07) is 0. The lowest BCUT2D eigenvalue weighted by Crippen LogP contribution is -2.22. The van der Waals surface area contributed by atoms with E-state index in [1.807, 2.05) is 0 Å². The number of hydrogen-bond donors (Lipinski definition) is 1. The highest BCUT2D eigenvalue weighted by Crippen LogP contribution is 2.18. The predicted octanol–water partition coefficient (Wildman–Crippen LogP) is 3.41. The quantitative estimate of drug-likeness (QED) is 0.267. The third kappa shape index (κ3) is 7.41. The molecule has 0 saturated carbocycles. The van der Waals surface area contributed by atoms with Gasteiger partial charge in [0.25, 0.3) is 0 Å². The number of hydrogen-bond acceptors (Lipinski definition) is 2. The Balaban J connectivity index is 3.74. The Morgan fingerprint density at radius 3 is 2.38 bits per heavy atom. The Bertz CT molecular complexity index is 221. The second-order valence-electron chi connectivity index (χ2n) is 4.21. The second-order valence-corrected chi connectivity index (χ2v) is 4.21. The van der Waals surface area contributed by atoms with Crippen molar-refractivity contribution in [2.75, 3.05) is 0 Å². The maximum Gasteiger partial charge on any atom is 0.142 e. The van der Waals surface area contributed by atoms with Gasteiger partial charge in [0.05, 0.1) is 0 Å². The fraction of sp³-hybridized carbons (Fsp3) is 0.643. The van der Waals surface area contributed by atoms with Crippen LogP contribution >= 0.6 is 0 Å². The van der Waals surface area contributed by atoms with Gasteiger partial charge >= 0.3 is 0 Å². The van der Waals surface area contributed by atoms with E-state index in [2.05, 4.69) is 13.5 Å². The summed E-state index contributed by atoms with van der Waals surface area (Å²) in [7, 11) is 0. The number of allylic oxidation sites excluding steroid dienone is 1. The summed E-state index contributed by atoms with van der Waals surface area (Å²) in [5.74, 6) is 0. The molecule has 0 bridgehead atoms. The van der Waals surface area contributed by atoms with E-state index in [9.17, 15) is 9.90 Å². The lowest BCUT2D eigenvalue weighted by atomic mass is 9.95. The van der Waals surface area contributed by atoms with Crippen LogP contribution in [0.15, 0.2) is 24.8 Å². The van der Waals surface area contributed by atoms with Crippen LogP contribution in [0.1, 0.15) is 51.9 Å². The molecule has 1 unspecified atom stereocenters. The van der Waals surface area contributed by atoms with Crippen LogP contribution in [-0.4, -0.2) is 17.0 Å². The summed E-state index contributed by atoms with van der Waals surface area (Å²) in [6.45, 7) is 5.79. The van der Waals surface area contributed by atoms with Gasteiger partial charge in [-0.2, -0.15) is 0 Å². The maximum absolute atomic E-state index is 10.2. The lowest BCUT2D eigenvalue weighted by Gasteiger charge is -2.19. The minimum atomic E-state index is -1.01. The maximum atomic E-state index is 10.2. The number of aldehydes is 1. The molecule has 0 spiro atoms. The number of carbonyl (C=O) groups is 1. The summed E-state index contributed by atoms with van der Waals surface area (Å²) in [4.78, 5) is 10.2. The van der Waals surface area contributed by atoms with Crippen LogP contribution in [0.2, 0.25) is 0 Å². The molecule has 0 fully saturated rings. The molecule has 0 aromatic carbocycles. The Morgan fingerprint density at radius 1 is 1.19 bits per heavy atom. The van der Waals surface area contributed by atoms with Gasteiger partial charge in [-0.25, -0.2) is 0 Å². The number of unbranched alkanes of at least 4 members (excludes halogenated alkanes) is 5. The van der Waals surface area contributed by atoms with Crippen molar-refractivity contribution in [3.8, 4) is 0 Å². The molecule has 0 aromatic rings. The Hall–Kier alpha value is -0.890. The number of aliphatic hydroxyl groups is 1. The largest absolute Gasteiger partial charge is 0.382 e. The Labute approximate surface area is 99.1 Å². The van der Waals surface area contributed by atoms with E-state index in [1.54, 1.807) is 0 Å². The van der Waals surface area contributed by atoms with E-state index in [4.69, 9.17) is 0 Å². The highest BCUT2D eigenvalue weighted by molar-refractivity contribution is 5.65. The van der Waals surface area contributed by atoms with Gasteiger partial charge in [-0.05, 0) is 25.0 Å². The van der Waals surface area contributed by atoms with E-state index in [1.165, 1.54) is 43.9 Å². The van der Waals surface area contributed by atoms with Crippen molar-refractivity contribution >= 4 is 6.29 Å². The molecule has 16 heavy (non-hydrogen) atoms. The smallest absolute Gasteiger partial charge is 0.142 e. The molecule has 2 heteroatoms. The molecule has 1 atom stereocenters. The van der Waals surface area contributed by atoms with Crippen LogP contribution in [0.25, 0.3) is 0 Å². The first-order chi connectivity index (χ1) is 7.68. The third-order valence-electron chi connectivity index (χ3n) is 2.75. The molecule has 92 valence electrons. The SMILES string of the molecule is C=CC(O)(/C=C/C=O)CCCCCCCC. The summed E-state index contributed by atoms with van der Waals surface area (Å²) in [6.07, 6.45) is 12.8. The monoisotopic (exact) mass is 224 g/mol. The molecule has 0 aliphatic rings. The zero-order valence-corrected chi connectivity index (χ0v) is 10.3. The molecule has 0 aliphatic heterocycles. The first kappa shape index (κ1) is 15.1. The molecule has 2 nitrogen and oxygen atoms in total. The molecule has 1 N–H and O–H groups in total. The highest BCUT2D eigenvalue weighted by Gasteiger charge is 2.17. The van der Waals surface area contributed by atoms with E-state index >= 15 is 0 Å². The predicted molar refractivity (Wildman–Crippen MR) is 68.3 cm³/mol. The van der Waals surface area contributed by atoms with Gasteiger partial charge in [-0.1, -0.05) is 51.7 Å². The molecule has 0 heterocycles. The Morgan fingerprint density at radius 2 is 1.81 bits per heavy atom. The van der Waals surface area contributed by atoms with Crippen molar-refractivity contribution in [1.29, 1.82) is 0 Å². The molecule has 0 aromatic heterocycles. The molecular weight excluding hydrogens is 200 g/mol. The zero-order valence-electron chi connectivity index (χ0n) is 10.3. The van der Waals surface area contributed by atoms with Crippen LogP contribution in [-0.2, 0) is 4.79 Å². The fourth-order valence-electron chi connectivity index (χ4n) is 1.65. The van der Waals surface area contributed by atoms with Crippen molar-refractivity contribution in [2.24, 2.45) is 0 Å². The number of rotatable bonds is 10. The Kier molecular flexibility index (Phi) is 8.82. The highest BCUT2D eigenvalue weighted by atomic mass is 16.3. The third-order valence-corrected chi connectivity index (χ3v) is 2.75. The average Bonchev–Trinajstić information content (AvgIpc) is 2.31. The van der Waals surface area contributed by atoms with E-state index in [0.29, 0.717) is 12.7 Å². The molecule has 0 radical (unpaired) electrons. The van der Waals surface area contributed by atoms with Crippen LogP contribution in [0, 0.1) is 0 Å². The van der Waals surface area contributed by atoms with Crippen molar-refractivity contribution in [3.05, 3.63) is 24.8 Å². The minimum Gasteiger partial charge on any atom is -0.382 e. The zero-order chi connectivity index (χ0) is 12.3. The van der Waals surface area contributed by atoms with Crippen molar-refractivity contribution in [2.45, 2.75) is 57.5 Å². The first-order valence-corrected chi connectivity index (χ1v) is 6.17. The fourth-order valence-corrected chi connectivity index (χ4v) is 1.65.